The van der Waals surface area contributed by atoms with Gasteiger partial charge in [0.1, 0.15) is 5.70 Å². The first-order valence-corrected chi connectivity index (χ1v) is 3.75. The van der Waals surface area contributed by atoms with E-state index in [4.69, 9.17) is 5.11 Å². The number of nitrogens with one attached hydrogen (secondary N) is 1. The van der Waals surface area contributed by atoms with Crippen LogP contribution < -0.4 is 5.32 Å². The van der Waals surface area contributed by atoms with E-state index in [9.17, 15) is 4.79 Å². The van der Waals surface area contributed by atoms with Crippen molar-refractivity contribution in [1.82, 2.24) is 10.3 Å². The Morgan fingerprint density at radius 3 is 2.69 bits per heavy atom. The van der Waals surface area contributed by atoms with Crippen LogP contribution in [0.25, 0.3) is 0 Å². The summed E-state index contributed by atoms with van der Waals surface area (Å²) in [6.45, 7) is 3.80. The molecule has 0 spiro atoms. The summed E-state index contributed by atoms with van der Waals surface area (Å²) in [6, 6.07) is 3.62. The van der Waals surface area contributed by atoms with E-state index in [1.807, 2.05) is 12.1 Å². The standard InChI is InChI=1S/C9H10N2O2/c1-7(9(12)13)11-6-8-2-4-10-5-3-8/h2-5,11H,1,6H2,(H,12,13). The highest BCUT2D eigenvalue weighted by molar-refractivity contribution is 5.84. The Kier molecular flexibility index (Phi) is 3.03. The zero-order chi connectivity index (χ0) is 9.68. The molecule has 1 aromatic heterocycles. The van der Waals surface area contributed by atoms with Crippen LogP contribution in [0.5, 0.6) is 0 Å². The second-order valence-corrected chi connectivity index (χ2v) is 2.49. The molecule has 0 saturated carbocycles. The van der Waals surface area contributed by atoms with E-state index in [1.165, 1.54) is 0 Å². The normalized spacial score (nSPS) is 9.23. The Morgan fingerprint density at radius 2 is 2.15 bits per heavy atom. The van der Waals surface area contributed by atoms with Crippen molar-refractivity contribution in [1.29, 1.82) is 0 Å². The van der Waals surface area contributed by atoms with Gasteiger partial charge in [0.05, 0.1) is 0 Å². The van der Waals surface area contributed by atoms with Crippen LogP contribution >= 0.6 is 0 Å². The number of hydrogen-bond donors (Lipinski definition) is 2. The quantitative estimate of drug-likeness (QED) is 0.668. The summed E-state index contributed by atoms with van der Waals surface area (Å²) in [5.41, 5.74) is 0.967. The van der Waals surface area contributed by atoms with Gasteiger partial charge in [0, 0.05) is 18.9 Å². The fourth-order valence-corrected chi connectivity index (χ4v) is 0.785. The van der Waals surface area contributed by atoms with E-state index < -0.39 is 5.97 Å². The first-order chi connectivity index (χ1) is 6.20. The largest absolute Gasteiger partial charge is 0.477 e. The lowest BCUT2D eigenvalue weighted by Gasteiger charge is -2.04. The van der Waals surface area contributed by atoms with Crippen molar-refractivity contribution >= 4 is 5.97 Å². The lowest BCUT2D eigenvalue weighted by atomic mass is 10.2. The fraction of sp³-hybridized carbons (Fsp3) is 0.111. The van der Waals surface area contributed by atoms with Gasteiger partial charge in [-0.15, -0.1) is 0 Å². The molecule has 0 aliphatic rings. The summed E-state index contributed by atoms with van der Waals surface area (Å²) in [7, 11) is 0. The third-order valence-corrected chi connectivity index (χ3v) is 1.51. The molecule has 2 N–H and O–H groups in total. The topological polar surface area (TPSA) is 62.2 Å². The number of aliphatic carboxylic acids is 1. The highest BCUT2D eigenvalue weighted by Crippen LogP contribution is 1.96. The van der Waals surface area contributed by atoms with Gasteiger partial charge in [0.2, 0.25) is 0 Å². The van der Waals surface area contributed by atoms with Crippen molar-refractivity contribution in [2.24, 2.45) is 0 Å². The summed E-state index contributed by atoms with van der Waals surface area (Å²) in [5.74, 6) is -1.03. The van der Waals surface area contributed by atoms with Crippen LogP contribution in [0.2, 0.25) is 0 Å². The second kappa shape index (κ2) is 4.25. The van der Waals surface area contributed by atoms with Crippen LogP contribution in [-0.4, -0.2) is 16.1 Å². The highest BCUT2D eigenvalue weighted by atomic mass is 16.4. The molecule has 1 rings (SSSR count). The van der Waals surface area contributed by atoms with E-state index in [2.05, 4.69) is 16.9 Å². The Hall–Kier alpha value is -1.84. The molecule has 68 valence electrons. The molecular formula is C9H10N2O2. The number of aromatic nitrogens is 1. The number of carbonyl (C=O) groups is 1. The van der Waals surface area contributed by atoms with Crippen molar-refractivity contribution in [3.63, 3.8) is 0 Å². The molecule has 0 aromatic carbocycles. The third-order valence-electron chi connectivity index (χ3n) is 1.51. The summed E-state index contributed by atoms with van der Waals surface area (Å²) >= 11 is 0. The smallest absolute Gasteiger partial charge is 0.351 e. The van der Waals surface area contributed by atoms with Crippen molar-refractivity contribution < 1.29 is 9.90 Å². The first kappa shape index (κ1) is 9.25. The molecule has 13 heavy (non-hydrogen) atoms. The first-order valence-electron chi connectivity index (χ1n) is 3.75. The van der Waals surface area contributed by atoms with Crippen molar-refractivity contribution in [3.8, 4) is 0 Å². The van der Waals surface area contributed by atoms with Crippen molar-refractivity contribution in [2.75, 3.05) is 0 Å². The Balaban J connectivity index is 2.44. The maximum absolute atomic E-state index is 10.3. The maximum Gasteiger partial charge on any atom is 0.351 e. The van der Waals surface area contributed by atoms with Crippen LogP contribution in [0.4, 0.5) is 0 Å². The SMILES string of the molecule is C=C(NCc1ccncc1)C(=O)O. The van der Waals surface area contributed by atoms with Gasteiger partial charge in [-0.25, -0.2) is 4.79 Å². The summed E-state index contributed by atoms with van der Waals surface area (Å²) < 4.78 is 0. The Bertz CT molecular complexity index is 309. The fourth-order valence-electron chi connectivity index (χ4n) is 0.785. The molecule has 0 unspecified atom stereocenters. The molecule has 0 radical (unpaired) electrons. The monoisotopic (exact) mass is 178 g/mol. The molecule has 4 nitrogen and oxygen atoms in total. The summed E-state index contributed by atoms with van der Waals surface area (Å²) in [5, 5.41) is 11.2. The number of pyridine rings is 1. The molecule has 4 heteroatoms. The number of rotatable bonds is 4. The van der Waals surface area contributed by atoms with Gasteiger partial charge in [-0.2, -0.15) is 0 Å². The molecule has 1 heterocycles. The zero-order valence-corrected chi connectivity index (χ0v) is 7.03. The van der Waals surface area contributed by atoms with Gasteiger partial charge in [-0.3, -0.25) is 4.98 Å². The molecule has 0 aliphatic carbocycles. The number of carboxylic acid groups (broad SMARTS) is 1. The number of carboxylic acids is 1. The van der Waals surface area contributed by atoms with Crippen molar-refractivity contribution in [3.05, 3.63) is 42.4 Å². The zero-order valence-electron chi connectivity index (χ0n) is 7.03. The molecule has 0 amide bonds. The van der Waals surface area contributed by atoms with Gasteiger partial charge in [-0.05, 0) is 17.7 Å². The average Bonchev–Trinajstić information content (AvgIpc) is 2.15. The van der Waals surface area contributed by atoms with Gasteiger partial charge >= 0.3 is 5.97 Å². The summed E-state index contributed by atoms with van der Waals surface area (Å²) in [4.78, 5) is 14.2. The second-order valence-electron chi connectivity index (χ2n) is 2.49. The van der Waals surface area contributed by atoms with Gasteiger partial charge in [0.25, 0.3) is 0 Å². The lowest BCUT2D eigenvalue weighted by Crippen LogP contribution is -2.18. The predicted octanol–water partition coefficient (Wildman–Crippen LogP) is 0.769. The molecule has 0 atom stereocenters. The highest BCUT2D eigenvalue weighted by Gasteiger charge is 2.01. The number of nitrogens with zero attached hydrogens (tertiary/aromatic N) is 1. The van der Waals surface area contributed by atoms with Crippen molar-refractivity contribution in [2.45, 2.75) is 6.54 Å². The van der Waals surface area contributed by atoms with E-state index in [-0.39, 0.29) is 5.70 Å². The molecule has 0 saturated heterocycles. The molecule has 1 aromatic rings. The Labute approximate surface area is 75.9 Å². The average molecular weight is 178 g/mol. The van der Waals surface area contributed by atoms with Crippen LogP contribution in [0, 0.1) is 0 Å². The Morgan fingerprint density at radius 1 is 1.54 bits per heavy atom. The van der Waals surface area contributed by atoms with E-state index in [1.54, 1.807) is 12.4 Å². The predicted molar refractivity (Wildman–Crippen MR) is 47.9 cm³/mol. The molecular weight excluding hydrogens is 168 g/mol. The minimum Gasteiger partial charge on any atom is -0.477 e. The van der Waals surface area contributed by atoms with E-state index in [0.29, 0.717) is 6.54 Å². The number of hydrogen-bond acceptors (Lipinski definition) is 3. The van der Waals surface area contributed by atoms with Gasteiger partial charge in [0.15, 0.2) is 0 Å². The van der Waals surface area contributed by atoms with Crippen LogP contribution in [-0.2, 0) is 11.3 Å². The van der Waals surface area contributed by atoms with E-state index >= 15 is 0 Å². The molecule has 0 bridgehead atoms. The molecule has 0 fully saturated rings. The van der Waals surface area contributed by atoms with Crippen LogP contribution in [0.1, 0.15) is 5.56 Å². The van der Waals surface area contributed by atoms with Gasteiger partial charge < -0.3 is 10.4 Å². The summed E-state index contributed by atoms with van der Waals surface area (Å²) in [6.07, 6.45) is 3.31. The molecule has 0 aliphatic heterocycles. The van der Waals surface area contributed by atoms with Gasteiger partial charge in [-0.1, -0.05) is 6.58 Å². The lowest BCUT2D eigenvalue weighted by molar-refractivity contribution is -0.133. The third kappa shape index (κ3) is 2.94. The minimum atomic E-state index is -1.03. The minimum absolute atomic E-state index is 0.00295. The van der Waals surface area contributed by atoms with Crippen LogP contribution in [0.3, 0.4) is 0 Å². The maximum atomic E-state index is 10.3. The van der Waals surface area contributed by atoms with E-state index in [0.717, 1.165) is 5.56 Å². The van der Waals surface area contributed by atoms with Crippen LogP contribution in [0.15, 0.2) is 36.8 Å².